The molecule has 1 aromatic carbocycles. The van der Waals surface area contributed by atoms with Crippen molar-refractivity contribution in [1.82, 2.24) is 20.2 Å². The minimum absolute atomic E-state index is 0.200. The summed E-state index contributed by atoms with van der Waals surface area (Å²) in [7, 11) is 0. The van der Waals surface area contributed by atoms with Crippen LogP contribution in [0.1, 0.15) is 41.8 Å². The van der Waals surface area contributed by atoms with Gasteiger partial charge in [-0.3, -0.25) is 0 Å². The number of hydrogen-bond donors (Lipinski definition) is 1. The Labute approximate surface area is 167 Å². The molecule has 0 spiro atoms. The van der Waals surface area contributed by atoms with E-state index in [9.17, 15) is 0 Å². The summed E-state index contributed by atoms with van der Waals surface area (Å²) in [6.07, 6.45) is 1.62. The molecule has 0 bridgehead atoms. The van der Waals surface area contributed by atoms with Crippen molar-refractivity contribution in [2.45, 2.75) is 46.4 Å². The van der Waals surface area contributed by atoms with Crippen LogP contribution in [0.2, 0.25) is 0 Å². The van der Waals surface area contributed by atoms with Gasteiger partial charge in [-0.15, -0.1) is 16.4 Å². The first kappa shape index (κ1) is 17.5. The van der Waals surface area contributed by atoms with Crippen LogP contribution in [0.4, 0.5) is 5.82 Å². The zero-order chi connectivity index (χ0) is 19.5. The third-order valence-electron chi connectivity index (χ3n) is 5.53. The Morgan fingerprint density at radius 3 is 2.89 bits per heavy atom. The molecule has 0 saturated carbocycles. The van der Waals surface area contributed by atoms with Crippen molar-refractivity contribution in [2.75, 3.05) is 5.32 Å². The molecule has 0 aliphatic carbocycles. The van der Waals surface area contributed by atoms with Crippen molar-refractivity contribution in [2.24, 2.45) is 0 Å². The average molecular weight is 392 g/mol. The van der Waals surface area contributed by atoms with Gasteiger partial charge >= 0.3 is 0 Å². The molecule has 0 amide bonds. The molecular formula is C21H21N5OS. The van der Waals surface area contributed by atoms with E-state index in [1.807, 2.05) is 6.92 Å². The molecule has 0 radical (unpaired) electrons. The van der Waals surface area contributed by atoms with Crippen molar-refractivity contribution < 1.29 is 4.74 Å². The normalized spacial score (nSPS) is 15.3. The molecular weight excluding hydrogens is 370 g/mol. The summed E-state index contributed by atoms with van der Waals surface area (Å²) in [5.74, 6) is 0.835. The second kappa shape index (κ2) is 6.18. The molecule has 7 heteroatoms. The Kier molecular flexibility index (Phi) is 3.86. The predicted octanol–water partition coefficient (Wildman–Crippen LogP) is 4.63. The number of fused-ring (bicyclic) bond motifs is 4. The summed E-state index contributed by atoms with van der Waals surface area (Å²) >= 11 is 1.59. The highest BCUT2D eigenvalue weighted by molar-refractivity contribution is 7.25. The lowest BCUT2D eigenvalue weighted by molar-refractivity contribution is -0.00789. The van der Waals surface area contributed by atoms with E-state index in [0.29, 0.717) is 13.2 Å². The van der Waals surface area contributed by atoms with E-state index in [4.69, 9.17) is 4.74 Å². The smallest absolute Gasteiger partial charge is 0.149 e. The van der Waals surface area contributed by atoms with Gasteiger partial charge in [-0.25, -0.2) is 9.97 Å². The molecule has 3 aromatic heterocycles. The second-order valence-corrected chi connectivity index (χ2v) is 8.74. The lowest BCUT2D eigenvalue weighted by Gasteiger charge is -2.18. The van der Waals surface area contributed by atoms with E-state index >= 15 is 0 Å². The summed E-state index contributed by atoms with van der Waals surface area (Å²) in [5, 5.41) is 13.2. The first-order chi connectivity index (χ1) is 13.4. The van der Waals surface area contributed by atoms with Gasteiger partial charge in [0.1, 0.15) is 17.0 Å². The van der Waals surface area contributed by atoms with Crippen LogP contribution in [0, 0.1) is 13.8 Å². The maximum atomic E-state index is 5.89. The molecule has 4 heterocycles. The highest BCUT2D eigenvalue weighted by atomic mass is 32.1. The van der Waals surface area contributed by atoms with Gasteiger partial charge in [-0.2, -0.15) is 5.10 Å². The Morgan fingerprint density at radius 2 is 2.04 bits per heavy atom. The SMILES string of the molecule is Cc1nnc2sc3c(NCc4ccc5c(c4)COC5(C)C)ncnc3c2c1C. The minimum Gasteiger partial charge on any atom is -0.366 e. The fourth-order valence-corrected chi connectivity index (χ4v) is 4.89. The van der Waals surface area contributed by atoms with E-state index in [0.717, 1.165) is 37.5 Å². The number of rotatable bonds is 3. The van der Waals surface area contributed by atoms with Crippen LogP contribution in [0.3, 0.4) is 0 Å². The Balaban J connectivity index is 1.49. The molecule has 6 nitrogen and oxygen atoms in total. The van der Waals surface area contributed by atoms with Gasteiger partial charge in [-0.05, 0) is 49.9 Å². The largest absolute Gasteiger partial charge is 0.366 e. The van der Waals surface area contributed by atoms with Gasteiger partial charge in [0, 0.05) is 11.9 Å². The summed E-state index contributed by atoms with van der Waals surface area (Å²) in [6.45, 7) is 9.64. The van der Waals surface area contributed by atoms with E-state index in [1.165, 1.54) is 16.7 Å². The number of benzene rings is 1. The number of ether oxygens (including phenoxy) is 1. The van der Waals surface area contributed by atoms with Crippen LogP contribution in [-0.2, 0) is 23.5 Å². The Hall–Kier alpha value is -2.64. The Bertz CT molecular complexity index is 1230. The van der Waals surface area contributed by atoms with Crippen molar-refractivity contribution in [3.05, 3.63) is 52.5 Å². The van der Waals surface area contributed by atoms with Crippen molar-refractivity contribution in [1.29, 1.82) is 0 Å². The number of nitrogens with one attached hydrogen (secondary N) is 1. The van der Waals surface area contributed by atoms with E-state index in [-0.39, 0.29) is 5.60 Å². The second-order valence-electron chi connectivity index (χ2n) is 7.74. The van der Waals surface area contributed by atoms with Crippen molar-refractivity contribution in [3.63, 3.8) is 0 Å². The van der Waals surface area contributed by atoms with E-state index in [2.05, 4.69) is 64.5 Å². The van der Waals surface area contributed by atoms with Crippen LogP contribution >= 0.6 is 11.3 Å². The number of nitrogens with zero attached hydrogens (tertiary/aromatic N) is 4. The maximum Gasteiger partial charge on any atom is 0.149 e. The third kappa shape index (κ3) is 2.65. The average Bonchev–Trinajstić information content (AvgIpc) is 3.21. The number of aromatic nitrogens is 4. The van der Waals surface area contributed by atoms with Crippen molar-refractivity contribution >= 4 is 37.6 Å². The molecule has 0 saturated heterocycles. The van der Waals surface area contributed by atoms with Gasteiger partial charge in [0.25, 0.3) is 0 Å². The fraction of sp³-hybridized carbons (Fsp3) is 0.333. The third-order valence-corrected chi connectivity index (χ3v) is 6.60. The predicted molar refractivity (Wildman–Crippen MR) is 112 cm³/mol. The van der Waals surface area contributed by atoms with Crippen LogP contribution < -0.4 is 5.32 Å². The minimum atomic E-state index is -0.200. The molecule has 28 heavy (non-hydrogen) atoms. The lowest BCUT2D eigenvalue weighted by atomic mass is 9.95. The molecule has 1 aliphatic rings. The quantitative estimate of drug-likeness (QED) is 0.549. The van der Waals surface area contributed by atoms with Crippen LogP contribution in [0.25, 0.3) is 20.4 Å². The standard InChI is InChI=1S/C21H21N5OS/c1-11-12(2)25-26-20-16(11)17-18(28-20)19(24-10-23-17)22-8-13-5-6-15-14(7-13)9-27-21(15,3)4/h5-7,10H,8-9H2,1-4H3,(H,22,23,24). The number of hydrogen-bond acceptors (Lipinski definition) is 7. The summed E-state index contributed by atoms with van der Waals surface area (Å²) in [5.41, 5.74) is 6.55. The molecule has 1 aliphatic heterocycles. The van der Waals surface area contributed by atoms with E-state index in [1.54, 1.807) is 17.7 Å². The van der Waals surface area contributed by atoms with Gasteiger partial charge < -0.3 is 10.1 Å². The summed E-state index contributed by atoms with van der Waals surface area (Å²) < 4.78 is 6.91. The lowest BCUT2D eigenvalue weighted by Crippen LogP contribution is -2.14. The number of thiophene rings is 1. The number of anilines is 1. The topological polar surface area (TPSA) is 72.8 Å². The van der Waals surface area contributed by atoms with Crippen molar-refractivity contribution in [3.8, 4) is 0 Å². The molecule has 0 fully saturated rings. The van der Waals surface area contributed by atoms with E-state index < -0.39 is 0 Å². The maximum absolute atomic E-state index is 5.89. The van der Waals surface area contributed by atoms with Gasteiger partial charge in [0.05, 0.1) is 28.1 Å². The van der Waals surface area contributed by atoms with Crippen LogP contribution in [0.15, 0.2) is 24.5 Å². The molecule has 142 valence electrons. The van der Waals surface area contributed by atoms with Crippen LogP contribution in [0.5, 0.6) is 0 Å². The van der Waals surface area contributed by atoms with Gasteiger partial charge in [0.2, 0.25) is 0 Å². The monoisotopic (exact) mass is 391 g/mol. The highest BCUT2D eigenvalue weighted by Gasteiger charge is 2.30. The molecule has 0 atom stereocenters. The van der Waals surface area contributed by atoms with Crippen LogP contribution in [-0.4, -0.2) is 20.2 Å². The molecule has 4 aromatic rings. The molecule has 5 rings (SSSR count). The van der Waals surface area contributed by atoms with Gasteiger partial charge in [0.15, 0.2) is 0 Å². The molecule has 0 unspecified atom stereocenters. The summed E-state index contributed by atoms with van der Waals surface area (Å²) in [6, 6.07) is 6.56. The fourth-order valence-electron chi connectivity index (χ4n) is 3.79. The zero-order valence-electron chi connectivity index (χ0n) is 16.3. The molecule has 1 N–H and O–H groups in total. The first-order valence-corrected chi connectivity index (χ1v) is 10.1. The van der Waals surface area contributed by atoms with Gasteiger partial charge in [-0.1, -0.05) is 18.2 Å². The number of aryl methyl sites for hydroxylation is 2. The zero-order valence-corrected chi connectivity index (χ0v) is 17.1. The summed E-state index contributed by atoms with van der Waals surface area (Å²) in [4.78, 5) is 9.91. The Morgan fingerprint density at radius 1 is 1.18 bits per heavy atom. The first-order valence-electron chi connectivity index (χ1n) is 9.31. The highest BCUT2D eigenvalue weighted by Crippen LogP contribution is 2.38.